The maximum Gasteiger partial charge on any atom is 0.171 e. The minimum absolute atomic E-state index is 0.272. The molecule has 0 radical (unpaired) electrons. The van der Waals surface area contributed by atoms with E-state index in [1.807, 2.05) is 0 Å². The molecule has 0 aromatic carbocycles. The van der Waals surface area contributed by atoms with E-state index < -0.39 is 24.4 Å². The van der Waals surface area contributed by atoms with Gasteiger partial charge in [0.25, 0.3) is 0 Å². The highest BCUT2D eigenvalue weighted by molar-refractivity contribution is 5.56. The third kappa shape index (κ3) is 1.64. The van der Waals surface area contributed by atoms with Crippen LogP contribution in [0.3, 0.4) is 0 Å². The SMILES string of the molecule is COCC1OC(O)C(N)C1C=O. The molecule has 0 bridgehead atoms. The van der Waals surface area contributed by atoms with Gasteiger partial charge in [-0.2, -0.15) is 0 Å². The fraction of sp³-hybridized carbons (Fsp3) is 0.857. The molecule has 0 spiro atoms. The Hall–Kier alpha value is -0.490. The Kier molecular flexibility index (Phi) is 3.16. The minimum atomic E-state index is -1.06. The summed E-state index contributed by atoms with van der Waals surface area (Å²) in [7, 11) is 1.50. The predicted molar refractivity (Wildman–Crippen MR) is 40.3 cm³/mol. The zero-order valence-electron chi connectivity index (χ0n) is 6.84. The van der Waals surface area contributed by atoms with Gasteiger partial charge in [-0.3, -0.25) is 0 Å². The zero-order chi connectivity index (χ0) is 9.14. The van der Waals surface area contributed by atoms with Crippen LogP contribution in [0.2, 0.25) is 0 Å². The smallest absolute Gasteiger partial charge is 0.171 e. The van der Waals surface area contributed by atoms with Crippen molar-refractivity contribution < 1.29 is 19.4 Å². The van der Waals surface area contributed by atoms with E-state index in [2.05, 4.69) is 0 Å². The largest absolute Gasteiger partial charge is 0.382 e. The standard InChI is InChI=1S/C7H13NO4/c1-11-3-5-4(2-9)6(8)7(10)12-5/h2,4-7,10H,3,8H2,1H3. The van der Waals surface area contributed by atoms with Crippen LogP contribution in [0, 0.1) is 5.92 Å². The Balaban J connectivity index is 2.58. The molecular formula is C7H13NO4. The lowest BCUT2D eigenvalue weighted by atomic mass is 9.99. The number of nitrogens with two attached hydrogens (primary N) is 1. The summed E-state index contributed by atoms with van der Waals surface area (Å²) in [6.45, 7) is 0.272. The van der Waals surface area contributed by atoms with Crippen LogP contribution in [0.15, 0.2) is 0 Å². The van der Waals surface area contributed by atoms with Gasteiger partial charge in [0.15, 0.2) is 6.29 Å². The summed E-state index contributed by atoms with van der Waals surface area (Å²) in [5.74, 6) is -0.472. The van der Waals surface area contributed by atoms with Crippen LogP contribution in [0.25, 0.3) is 0 Å². The molecule has 1 fully saturated rings. The van der Waals surface area contributed by atoms with Crippen molar-refractivity contribution in [2.24, 2.45) is 11.7 Å². The average molecular weight is 175 g/mol. The predicted octanol–water partition coefficient (Wildman–Crippen LogP) is -1.51. The van der Waals surface area contributed by atoms with Gasteiger partial charge in [0.2, 0.25) is 0 Å². The number of ether oxygens (including phenoxy) is 2. The number of methoxy groups -OCH3 is 1. The van der Waals surface area contributed by atoms with Gasteiger partial charge in [0.1, 0.15) is 6.29 Å². The van der Waals surface area contributed by atoms with Crippen LogP contribution >= 0.6 is 0 Å². The van der Waals surface area contributed by atoms with Crippen LogP contribution in [-0.2, 0) is 14.3 Å². The molecule has 1 aliphatic rings. The zero-order valence-corrected chi connectivity index (χ0v) is 6.84. The summed E-state index contributed by atoms with van der Waals surface area (Å²) in [6.07, 6.45) is -0.775. The van der Waals surface area contributed by atoms with Crippen LogP contribution in [-0.4, -0.2) is 43.5 Å². The number of aliphatic hydroxyl groups is 1. The number of aliphatic hydroxyl groups excluding tert-OH is 1. The summed E-state index contributed by atoms with van der Waals surface area (Å²) in [5.41, 5.74) is 5.49. The molecule has 1 saturated heterocycles. The molecule has 4 atom stereocenters. The van der Waals surface area contributed by atoms with Crippen molar-refractivity contribution in [1.29, 1.82) is 0 Å². The lowest BCUT2D eigenvalue weighted by molar-refractivity contribution is -0.119. The third-order valence-corrected chi connectivity index (χ3v) is 2.01. The highest BCUT2D eigenvalue weighted by Crippen LogP contribution is 2.22. The van der Waals surface area contributed by atoms with Crippen molar-refractivity contribution in [3.05, 3.63) is 0 Å². The highest BCUT2D eigenvalue weighted by Gasteiger charge is 2.41. The molecule has 1 rings (SSSR count). The Morgan fingerprint density at radius 1 is 1.75 bits per heavy atom. The quantitative estimate of drug-likeness (QED) is 0.510. The van der Waals surface area contributed by atoms with Gasteiger partial charge in [0.05, 0.1) is 24.7 Å². The normalized spacial score (nSPS) is 41.6. The number of carbonyl (C=O) groups excluding carboxylic acids is 1. The summed E-state index contributed by atoms with van der Waals surface area (Å²) in [6, 6.07) is -0.636. The molecule has 0 amide bonds. The Morgan fingerprint density at radius 3 is 2.92 bits per heavy atom. The molecule has 70 valence electrons. The van der Waals surface area contributed by atoms with Crippen LogP contribution in [0.4, 0.5) is 0 Å². The van der Waals surface area contributed by atoms with Crippen LogP contribution in [0.5, 0.6) is 0 Å². The number of hydrogen-bond donors (Lipinski definition) is 2. The topological polar surface area (TPSA) is 81.8 Å². The van der Waals surface area contributed by atoms with E-state index in [4.69, 9.17) is 20.3 Å². The minimum Gasteiger partial charge on any atom is -0.382 e. The molecule has 5 heteroatoms. The maximum atomic E-state index is 10.5. The molecule has 1 aliphatic heterocycles. The molecule has 0 aliphatic carbocycles. The Morgan fingerprint density at radius 2 is 2.42 bits per heavy atom. The molecule has 1 heterocycles. The van der Waals surface area contributed by atoms with E-state index in [1.54, 1.807) is 0 Å². The first kappa shape index (κ1) is 9.60. The number of rotatable bonds is 3. The molecule has 5 nitrogen and oxygen atoms in total. The van der Waals surface area contributed by atoms with E-state index in [-0.39, 0.29) is 6.61 Å². The first-order valence-corrected chi connectivity index (χ1v) is 3.74. The Labute approximate surface area is 70.4 Å². The van der Waals surface area contributed by atoms with Gasteiger partial charge in [0, 0.05) is 7.11 Å². The van der Waals surface area contributed by atoms with Gasteiger partial charge in [-0.25, -0.2) is 0 Å². The van der Waals surface area contributed by atoms with E-state index in [0.717, 1.165) is 0 Å². The lowest BCUT2D eigenvalue weighted by Crippen LogP contribution is -2.37. The maximum absolute atomic E-state index is 10.5. The monoisotopic (exact) mass is 175 g/mol. The molecule has 0 saturated carbocycles. The van der Waals surface area contributed by atoms with Gasteiger partial charge in [-0.1, -0.05) is 0 Å². The van der Waals surface area contributed by atoms with E-state index in [0.29, 0.717) is 6.29 Å². The van der Waals surface area contributed by atoms with Crippen molar-refractivity contribution in [2.45, 2.75) is 18.4 Å². The van der Waals surface area contributed by atoms with Crippen molar-refractivity contribution in [3.63, 3.8) is 0 Å². The van der Waals surface area contributed by atoms with Crippen molar-refractivity contribution in [1.82, 2.24) is 0 Å². The molecule has 0 aromatic heterocycles. The second-order valence-corrected chi connectivity index (χ2v) is 2.81. The molecule has 4 unspecified atom stereocenters. The van der Waals surface area contributed by atoms with Crippen molar-refractivity contribution >= 4 is 6.29 Å². The first-order valence-electron chi connectivity index (χ1n) is 3.74. The second kappa shape index (κ2) is 3.95. The lowest BCUT2D eigenvalue weighted by Gasteiger charge is -2.12. The summed E-state index contributed by atoms with van der Waals surface area (Å²) in [4.78, 5) is 10.5. The van der Waals surface area contributed by atoms with Crippen LogP contribution in [0.1, 0.15) is 0 Å². The number of carbonyl (C=O) groups is 1. The van der Waals surface area contributed by atoms with Crippen LogP contribution < -0.4 is 5.73 Å². The van der Waals surface area contributed by atoms with E-state index in [9.17, 15) is 4.79 Å². The Bertz CT molecular complexity index is 163. The second-order valence-electron chi connectivity index (χ2n) is 2.81. The average Bonchev–Trinajstić information content (AvgIpc) is 2.29. The van der Waals surface area contributed by atoms with E-state index in [1.165, 1.54) is 7.11 Å². The van der Waals surface area contributed by atoms with Gasteiger partial charge < -0.3 is 25.1 Å². The fourth-order valence-electron chi connectivity index (χ4n) is 1.29. The highest BCUT2D eigenvalue weighted by atomic mass is 16.6. The summed E-state index contributed by atoms with van der Waals surface area (Å²) >= 11 is 0. The van der Waals surface area contributed by atoms with Gasteiger partial charge >= 0.3 is 0 Å². The van der Waals surface area contributed by atoms with Gasteiger partial charge in [-0.15, -0.1) is 0 Å². The molecule has 12 heavy (non-hydrogen) atoms. The molecule has 3 N–H and O–H groups in total. The number of hydrogen-bond acceptors (Lipinski definition) is 5. The number of aldehydes is 1. The summed E-state index contributed by atoms with van der Waals surface area (Å²) < 4.78 is 9.80. The molecule has 0 aromatic rings. The fourth-order valence-corrected chi connectivity index (χ4v) is 1.29. The molecular weight excluding hydrogens is 162 g/mol. The summed E-state index contributed by atoms with van der Waals surface area (Å²) in [5, 5.41) is 9.13. The van der Waals surface area contributed by atoms with Crippen molar-refractivity contribution in [2.75, 3.05) is 13.7 Å². The van der Waals surface area contributed by atoms with Crippen molar-refractivity contribution in [3.8, 4) is 0 Å². The van der Waals surface area contributed by atoms with E-state index >= 15 is 0 Å². The first-order chi connectivity index (χ1) is 5.70. The third-order valence-electron chi connectivity index (χ3n) is 2.01. The van der Waals surface area contributed by atoms with Gasteiger partial charge in [-0.05, 0) is 0 Å².